The zero-order chi connectivity index (χ0) is 21.9. The average Bonchev–Trinajstić information content (AvgIpc) is 2.68. The van der Waals surface area contributed by atoms with E-state index in [1.165, 1.54) is 0 Å². The van der Waals surface area contributed by atoms with Crippen LogP contribution in [0.4, 0.5) is 14.6 Å². The lowest BCUT2D eigenvalue weighted by atomic mass is 10.0. The summed E-state index contributed by atoms with van der Waals surface area (Å²) in [6, 6.07) is 0.857. The number of aliphatic hydroxyl groups is 2. The Morgan fingerprint density at radius 3 is 2.36 bits per heavy atom. The van der Waals surface area contributed by atoms with Crippen molar-refractivity contribution in [1.82, 2.24) is 9.55 Å². The molecule has 1 aromatic rings. The van der Waals surface area contributed by atoms with Gasteiger partial charge >= 0.3 is 21.1 Å². The Balaban J connectivity index is 2.71. The van der Waals surface area contributed by atoms with Crippen LogP contribution in [0.25, 0.3) is 0 Å². The number of rotatable bonds is 5. The van der Waals surface area contributed by atoms with E-state index >= 15 is 4.39 Å². The second-order valence-electron chi connectivity index (χ2n) is 5.89. The maximum atomic E-state index is 15.2. The minimum absolute atomic E-state index is 0.0157. The highest BCUT2D eigenvalue weighted by molar-refractivity contribution is 7.53. The first-order chi connectivity index (χ1) is 12.4. The van der Waals surface area contributed by atoms with Crippen LogP contribution < -0.4 is 11.4 Å². The van der Waals surface area contributed by atoms with Crippen LogP contribution in [-0.2, 0) is 18.4 Å². The van der Waals surface area contributed by atoms with Crippen LogP contribution in [0.3, 0.4) is 0 Å². The summed E-state index contributed by atoms with van der Waals surface area (Å²) in [5, 5.41) is 16.4. The van der Waals surface area contributed by atoms with Crippen molar-refractivity contribution in [3.63, 3.8) is 0 Å². The number of halogens is 2. The third-order valence-corrected chi connectivity index (χ3v) is 5.85. The fraction of sp³-hybridized carbons (Fsp3) is 0.600. The summed E-state index contributed by atoms with van der Waals surface area (Å²) in [5.74, 6) is -9.14. The zero-order valence-corrected chi connectivity index (χ0v) is 15.4. The van der Waals surface area contributed by atoms with Gasteiger partial charge in [0.05, 0.1) is 0 Å². The molecule has 1 aliphatic heterocycles. The lowest BCUT2D eigenvalue weighted by Crippen LogP contribution is -2.58. The minimum Gasteiger partial charge on any atom is -0.383 e. The number of hydrogen-bond donors (Lipinski definition) is 7. The number of nitrogens with zero attached hydrogens (tertiary/aromatic N) is 2. The highest BCUT2D eigenvalue weighted by Gasteiger charge is 2.79. The van der Waals surface area contributed by atoms with Crippen molar-refractivity contribution in [2.75, 3.05) is 5.73 Å². The van der Waals surface area contributed by atoms with Crippen molar-refractivity contribution in [1.29, 1.82) is 0 Å². The molecule has 18 heteroatoms. The van der Waals surface area contributed by atoms with Crippen molar-refractivity contribution >= 4 is 21.2 Å². The number of alkyl halides is 2. The summed E-state index contributed by atoms with van der Waals surface area (Å²) in [6.45, 7) is 0.0157. The monoisotopic (exact) mass is 453 g/mol. The summed E-state index contributed by atoms with van der Waals surface area (Å²) in [6.07, 6.45) is -5.69. The molecule has 1 unspecified atom stereocenters. The molecule has 1 aliphatic rings. The molecule has 2 rings (SSSR count). The van der Waals surface area contributed by atoms with Crippen LogP contribution in [0.1, 0.15) is 13.2 Å². The number of aromatic nitrogens is 2. The van der Waals surface area contributed by atoms with E-state index < -0.39 is 56.3 Å². The van der Waals surface area contributed by atoms with Gasteiger partial charge in [-0.25, -0.2) is 22.7 Å². The molecule has 0 bridgehead atoms. The molecular formula is C10H15F2N3O11P2. The summed E-state index contributed by atoms with van der Waals surface area (Å²) < 4.78 is 60.6. The van der Waals surface area contributed by atoms with Crippen molar-refractivity contribution < 1.29 is 57.0 Å². The summed E-state index contributed by atoms with van der Waals surface area (Å²) in [4.78, 5) is 51.3. The van der Waals surface area contributed by atoms with E-state index in [-0.39, 0.29) is 11.5 Å². The molecule has 1 aromatic heterocycles. The number of nitrogen functional groups attached to an aromatic ring is 1. The summed E-state index contributed by atoms with van der Waals surface area (Å²) in [5.41, 5.74) is 3.77. The molecular weight excluding hydrogens is 438 g/mol. The van der Waals surface area contributed by atoms with Crippen molar-refractivity contribution in [2.45, 2.75) is 36.3 Å². The number of anilines is 1. The van der Waals surface area contributed by atoms with Gasteiger partial charge in [0, 0.05) is 13.1 Å². The molecule has 1 fully saturated rings. The predicted molar refractivity (Wildman–Crippen MR) is 82.5 cm³/mol. The molecule has 2 heterocycles. The first-order valence-corrected chi connectivity index (χ1v) is 10.1. The topological polar surface area (TPSA) is 235 Å². The molecule has 28 heavy (non-hydrogen) atoms. The lowest BCUT2D eigenvalue weighted by Gasteiger charge is -2.35. The highest BCUT2D eigenvalue weighted by Crippen LogP contribution is 2.66. The molecule has 0 radical (unpaired) electrons. The van der Waals surface area contributed by atoms with E-state index in [1.807, 2.05) is 0 Å². The molecule has 14 nitrogen and oxygen atoms in total. The second-order valence-corrected chi connectivity index (χ2v) is 8.85. The number of hydrogen-bond acceptors (Lipinski definition) is 9. The fourth-order valence-corrected chi connectivity index (χ4v) is 4.05. The zero-order valence-electron chi connectivity index (χ0n) is 13.7. The number of ether oxygens (including phenoxy) is 1. The molecule has 0 spiro atoms. The van der Waals surface area contributed by atoms with E-state index in [1.54, 1.807) is 0 Å². The fourth-order valence-electron chi connectivity index (χ4n) is 2.53. The number of nitrogens with two attached hydrogens (primary N) is 1. The van der Waals surface area contributed by atoms with Gasteiger partial charge in [-0.15, -0.1) is 0 Å². The van der Waals surface area contributed by atoms with Crippen molar-refractivity contribution in [2.24, 2.45) is 0 Å². The van der Waals surface area contributed by atoms with Crippen LogP contribution in [0, 0.1) is 0 Å². The Morgan fingerprint density at radius 1 is 1.39 bits per heavy atom. The molecule has 0 amide bonds. The van der Waals surface area contributed by atoms with Gasteiger partial charge in [0.25, 0.3) is 11.7 Å². The Bertz CT molecular complexity index is 931. The molecule has 160 valence electrons. The maximum Gasteiger partial charge on any atom is 0.472 e. The number of phosphoric acid groups is 1. The van der Waals surface area contributed by atoms with Crippen LogP contribution in [-0.4, -0.2) is 62.5 Å². The third-order valence-electron chi connectivity index (χ3n) is 3.87. The first kappa shape index (κ1) is 23.0. The van der Waals surface area contributed by atoms with Gasteiger partial charge in [-0.2, -0.15) is 4.98 Å². The van der Waals surface area contributed by atoms with Gasteiger partial charge in [-0.3, -0.25) is 9.13 Å². The van der Waals surface area contributed by atoms with E-state index in [2.05, 4.69) is 14.2 Å². The van der Waals surface area contributed by atoms with E-state index in [9.17, 15) is 38.3 Å². The van der Waals surface area contributed by atoms with Gasteiger partial charge in [0.1, 0.15) is 5.82 Å². The van der Waals surface area contributed by atoms with Crippen LogP contribution >= 0.6 is 15.4 Å². The quantitative estimate of drug-likeness (QED) is 0.240. The van der Waals surface area contributed by atoms with Gasteiger partial charge in [0.2, 0.25) is 5.34 Å². The van der Waals surface area contributed by atoms with Crippen LogP contribution in [0.5, 0.6) is 0 Å². The van der Waals surface area contributed by atoms with Crippen LogP contribution in [0.2, 0.25) is 0 Å². The maximum absolute atomic E-state index is 15.2. The molecule has 0 aliphatic carbocycles. The highest BCUT2D eigenvalue weighted by atomic mass is 31.2. The molecule has 0 saturated carbocycles. The number of phosphoric ester groups is 1. The largest absolute Gasteiger partial charge is 0.472 e. The van der Waals surface area contributed by atoms with E-state index in [0.29, 0.717) is 6.20 Å². The standard InChI is InChI=1S/C10H15F2N3O11P2/c1-8(11,26-28(22,23)24)10(12)5(16)9(18,27(19,20)21)6(25-10)15-3-2-4(13)14-7(15)17/h2-3,5-6,16,18H,1H3,(H2,13,14,17)(H2,19,20,21)(H2,22,23,24)/t5-,6+,8?,9-,10-/m0/s1. The Kier molecular flexibility index (Phi) is 5.41. The van der Waals surface area contributed by atoms with Gasteiger partial charge in [-0.05, 0) is 6.07 Å². The lowest BCUT2D eigenvalue weighted by molar-refractivity contribution is -0.314. The third kappa shape index (κ3) is 3.52. The summed E-state index contributed by atoms with van der Waals surface area (Å²) in [7, 11) is -11.8. The predicted octanol–water partition coefficient (Wildman–Crippen LogP) is -1.96. The molecule has 8 N–H and O–H groups in total. The van der Waals surface area contributed by atoms with Crippen molar-refractivity contribution in [3.05, 3.63) is 22.7 Å². The normalized spacial score (nSPS) is 33.6. The molecule has 5 atom stereocenters. The second kappa shape index (κ2) is 6.60. The minimum atomic E-state index is -6.03. The molecule has 1 saturated heterocycles. The SMILES string of the molecule is CC(F)(OP(=O)(O)O)[C@@]1(F)O[C@@H](n2ccc(N)nc2=O)[C@@](O)(P(=O)(O)O)[C@@H]1O. The smallest absolute Gasteiger partial charge is 0.383 e. The van der Waals surface area contributed by atoms with Gasteiger partial charge < -0.3 is 40.3 Å². The van der Waals surface area contributed by atoms with Gasteiger partial charge in [-0.1, -0.05) is 0 Å². The van der Waals surface area contributed by atoms with E-state index in [4.69, 9.17) is 15.5 Å². The molecule has 0 aromatic carbocycles. The van der Waals surface area contributed by atoms with E-state index in [0.717, 1.165) is 6.07 Å². The average molecular weight is 453 g/mol. The first-order valence-electron chi connectivity index (χ1n) is 6.99. The Labute approximate surface area is 153 Å². The summed E-state index contributed by atoms with van der Waals surface area (Å²) >= 11 is 0. The van der Waals surface area contributed by atoms with Crippen molar-refractivity contribution in [3.8, 4) is 0 Å². The number of aliphatic hydroxyl groups excluding tert-OH is 1. The Hall–Kier alpha value is -1.32. The Morgan fingerprint density at radius 2 is 1.93 bits per heavy atom. The van der Waals surface area contributed by atoms with Gasteiger partial charge in [0.15, 0.2) is 12.3 Å². The van der Waals surface area contributed by atoms with Crippen LogP contribution in [0.15, 0.2) is 17.1 Å².